The number of ether oxygens (including phenoxy) is 2. The molecule has 4 aromatic rings. The first kappa shape index (κ1) is 28.2. The van der Waals surface area contributed by atoms with Gasteiger partial charge in [-0.1, -0.05) is 18.2 Å². The molecule has 41 heavy (non-hydrogen) atoms. The third-order valence-corrected chi connectivity index (χ3v) is 6.68. The van der Waals surface area contributed by atoms with Crippen LogP contribution in [0.25, 0.3) is 5.69 Å². The minimum atomic E-state index is -4.78. The molecule has 14 heteroatoms. The molecule has 2 aromatic carbocycles. The lowest BCUT2D eigenvalue weighted by Gasteiger charge is -2.14. The van der Waals surface area contributed by atoms with Crippen LogP contribution in [0.3, 0.4) is 0 Å². The van der Waals surface area contributed by atoms with E-state index >= 15 is 4.39 Å². The molecule has 3 heterocycles. The number of methoxy groups -OCH3 is 2. The normalized spacial score (nSPS) is 13.4. The highest BCUT2D eigenvalue weighted by atomic mass is 19.4. The van der Waals surface area contributed by atoms with Crippen LogP contribution in [-0.2, 0) is 43.7 Å². The molecular weight excluding hydrogens is 546 g/mol. The fourth-order valence-corrected chi connectivity index (χ4v) is 4.78. The fraction of sp³-hybridized carbons (Fsp3) is 0.333. The number of carbonyl (C=O) groups excluding carboxylic acids is 1. The summed E-state index contributed by atoms with van der Waals surface area (Å²) < 4.78 is 67.2. The van der Waals surface area contributed by atoms with Gasteiger partial charge in [0.2, 0.25) is 0 Å². The molecule has 0 bridgehead atoms. The van der Waals surface area contributed by atoms with E-state index in [9.17, 15) is 18.0 Å². The first-order valence-corrected chi connectivity index (χ1v) is 12.5. The van der Waals surface area contributed by atoms with Crippen molar-refractivity contribution in [3.63, 3.8) is 0 Å². The lowest BCUT2D eigenvalue weighted by molar-refractivity contribution is -0.144. The molecule has 0 atom stereocenters. The number of hydrogen-bond acceptors (Lipinski definition) is 7. The smallest absolute Gasteiger partial charge is 0.453 e. The summed E-state index contributed by atoms with van der Waals surface area (Å²) in [5.74, 6) is -2.95. The first-order valence-electron chi connectivity index (χ1n) is 12.5. The van der Waals surface area contributed by atoms with Crippen LogP contribution in [0.15, 0.2) is 42.9 Å². The Morgan fingerprint density at radius 2 is 1.88 bits per heavy atom. The fourth-order valence-electron chi connectivity index (χ4n) is 4.78. The molecule has 1 N–H and O–H groups in total. The first-order chi connectivity index (χ1) is 19.6. The Labute approximate surface area is 232 Å². The van der Waals surface area contributed by atoms with Crippen molar-refractivity contribution in [1.29, 1.82) is 0 Å². The molecule has 216 valence electrons. The molecule has 0 radical (unpaired) electrons. The molecule has 5 rings (SSSR count). The minimum absolute atomic E-state index is 0.0401. The molecule has 0 fully saturated rings. The third-order valence-electron chi connectivity index (χ3n) is 6.68. The molecule has 0 saturated carbocycles. The zero-order valence-electron chi connectivity index (χ0n) is 22.5. The van der Waals surface area contributed by atoms with Crippen molar-refractivity contribution in [2.24, 2.45) is 0 Å². The zero-order valence-corrected chi connectivity index (χ0v) is 22.5. The summed E-state index contributed by atoms with van der Waals surface area (Å²) in [6.07, 6.45) is -2.37. The van der Waals surface area contributed by atoms with Crippen molar-refractivity contribution in [2.75, 3.05) is 21.3 Å². The third kappa shape index (κ3) is 5.93. The van der Waals surface area contributed by atoms with Crippen molar-refractivity contribution in [1.82, 2.24) is 34.8 Å². The van der Waals surface area contributed by atoms with Gasteiger partial charge >= 0.3 is 6.18 Å². The quantitative estimate of drug-likeness (QED) is 0.305. The summed E-state index contributed by atoms with van der Waals surface area (Å²) in [6.45, 7) is 1.86. The Balaban J connectivity index is 1.38. The Morgan fingerprint density at radius 1 is 1.10 bits per heavy atom. The molecule has 1 aliphatic heterocycles. The van der Waals surface area contributed by atoms with Gasteiger partial charge in [0.15, 0.2) is 11.6 Å². The molecule has 0 saturated heterocycles. The van der Waals surface area contributed by atoms with Crippen LogP contribution in [0, 0.1) is 5.82 Å². The van der Waals surface area contributed by atoms with Gasteiger partial charge in [-0.3, -0.25) is 14.4 Å². The maximum absolute atomic E-state index is 15.3. The van der Waals surface area contributed by atoms with Gasteiger partial charge in [0, 0.05) is 38.5 Å². The number of benzene rings is 2. The summed E-state index contributed by atoms with van der Waals surface area (Å²) in [4.78, 5) is 18.7. The molecule has 0 aliphatic carbocycles. The highest BCUT2D eigenvalue weighted by Crippen LogP contribution is 2.29. The monoisotopic (exact) mass is 573 g/mol. The molecule has 1 aliphatic rings. The number of carbonyl (C=O) groups is 1. The van der Waals surface area contributed by atoms with Crippen molar-refractivity contribution < 1.29 is 31.8 Å². The standard InChI is InChI=1S/C27H27F4N7O3/c1-36-11-17-5-4-16(8-18(17)12-36)10-37-13-20(21(34-37)14-40-2)25(39)32-9-19-22(6-7-23(41-3)24(19)28)38-15-33-26(35-38)27(29,30)31/h4-8,13,15H,9-12,14H2,1-3H3,(H,32,39). The van der Waals surface area contributed by atoms with Crippen LogP contribution in [-0.4, -0.2) is 56.6 Å². The van der Waals surface area contributed by atoms with Gasteiger partial charge in [-0.2, -0.15) is 18.3 Å². The molecule has 0 spiro atoms. The van der Waals surface area contributed by atoms with Gasteiger partial charge in [0.25, 0.3) is 11.7 Å². The van der Waals surface area contributed by atoms with E-state index in [0.717, 1.165) is 29.7 Å². The lowest BCUT2D eigenvalue weighted by Crippen LogP contribution is -2.25. The van der Waals surface area contributed by atoms with Crippen molar-refractivity contribution >= 4 is 5.91 Å². The number of alkyl halides is 3. The van der Waals surface area contributed by atoms with E-state index in [4.69, 9.17) is 9.47 Å². The number of rotatable bonds is 9. The largest absolute Gasteiger partial charge is 0.494 e. The van der Waals surface area contributed by atoms with E-state index in [1.54, 1.807) is 10.9 Å². The highest BCUT2D eigenvalue weighted by Gasteiger charge is 2.36. The van der Waals surface area contributed by atoms with Crippen LogP contribution >= 0.6 is 0 Å². The van der Waals surface area contributed by atoms with Gasteiger partial charge in [-0.05, 0) is 35.9 Å². The predicted octanol–water partition coefficient (Wildman–Crippen LogP) is 3.70. The topological polar surface area (TPSA) is 99.3 Å². The molecular formula is C27H27F4N7O3. The van der Waals surface area contributed by atoms with Gasteiger partial charge in [-0.25, -0.2) is 14.1 Å². The summed E-state index contributed by atoms with van der Waals surface area (Å²) in [7, 11) is 4.78. The lowest BCUT2D eigenvalue weighted by atomic mass is 10.1. The number of aromatic nitrogens is 5. The van der Waals surface area contributed by atoms with E-state index in [1.807, 2.05) is 6.07 Å². The Hall–Kier alpha value is -4.30. The number of nitrogens with zero attached hydrogens (tertiary/aromatic N) is 6. The average molecular weight is 574 g/mol. The van der Waals surface area contributed by atoms with Gasteiger partial charge in [0.1, 0.15) is 12.0 Å². The van der Waals surface area contributed by atoms with E-state index in [2.05, 4.69) is 44.6 Å². The second-order valence-corrected chi connectivity index (χ2v) is 9.67. The average Bonchev–Trinajstić information content (AvgIpc) is 3.65. The van der Waals surface area contributed by atoms with Crippen molar-refractivity contribution in [2.45, 2.75) is 39.0 Å². The van der Waals surface area contributed by atoms with Crippen LogP contribution in [0.1, 0.15) is 44.1 Å². The van der Waals surface area contributed by atoms with E-state index < -0.39 is 23.7 Å². The summed E-state index contributed by atoms with van der Waals surface area (Å²) in [5.41, 5.74) is 3.97. The second kappa shape index (κ2) is 11.3. The second-order valence-electron chi connectivity index (χ2n) is 9.67. The number of nitrogens with one attached hydrogen (secondary N) is 1. The minimum Gasteiger partial charge on any atom is -0.494 e. The van der Waals surface area contributed by atoms with Crippen LogP contribution in [0.5, 0.6) is 5.75 Å². The molecule has 10 nitrogen and oxygen atoms in total. The number of hydrogen-bond donors (Lipinski definition) is 1. The van der Waals surface area contributed by atoms with Crippen LogP contribution in [0.2, 0.25) is 0 Å². The number of halogens is 4. The van der Waals surface area contributed by atoms with Gasteiger partial charge in [0.05, 0.1) is 31.5 Å². The van der Waals surface area contributed by atoms with Crippen LogP contribution < -0.4 is 10.1 Å². The van der Waals surface area contributed by atoms with Gasteiger partial charge in [-0.15, -0.1) is 5.10 Å². The highest BCUT2D eigenvalue weighted by molar-refractivity contribution is 5.95. The van der Waals surface area contributed by atoms with E-state index in [1.165, 1.54) is 37.5 Å². The van der Waals surface area contributed by atoms with Gasteiger partial charge < -0.3 is 14.8 Å². The molecule has 1 amide bonds. The predicted molar refractivity (Wildman–Crippen MR) is 138 cm³/mol. The summed E-state index contributed by atoms with van der Waals surface area (Å²) in [6, 6.07) is 8.83. The Kier molecular flexibility index (Phi) is 7.78. The molecule has 2 aromatic heterocycles. The maximum Gasteiger partial charge on any atom is 0.453 e. The summed E-state index contributed by atoms with van der Waals surface area (Å²) in [5, 5.41) is 10.6. The Bertz CT molecular complexity index is 1580. The zero-order chi connectivity index (χ0) is 29.3. The van der Waals surface area contributed by atoms with E-state index in [0.29, 0.717) is 12.2 Å². The SMILES string of the molecule is COCc1nn(Cc2ccc3c(c2)CN(C)C3)cc1C(=O)NCc1c(-n2cnc(C(F)(F)F)n2)ccc(OC)c1F. The maximum atomic E-state index is 15.3. The van der Waals surface area contributed by atoms with E-state index in [-0.39, 0.29) is 35.7 Å². The van der Waals surface area contributed by atoms with Crippen molar-refractivity contribution in [3.8, 4) is 11.4 Å². The Morgan fingerprint density at radius 3 is 2.59 bits per heavy atom. The number of fused-ring (bicyclic) bond motifs is 1. The van der Waals surface area contributed by atoms with Crippen LogP contribution in [0.4, 0.5) is 17.6 Å². The summed E-state index contributed by atoms with van der Waals surface area (Å²) >= 11 is 0. The molecule has 0 unspecified atom stereocenters. The van der Waals surface area contributed by atoms with Crippen molar-refractivity contribution in [3.05, 3.63) is 88.0 Å². The number of amides is 1.